The van der Waals surface area contributed by atoms with Gasteiger partial charge in [0.1, 0.15) is 0 Å². The summed E-state index contributed by atoms with van der Waals surface area (Å²) < 4.78 is 1.81. The summed E-state index contributed by atoms with van der Waals surface area (Å²) in [5.74, 6) is 0. The lowest BCUT2D eigenvalue weighted by molar-refractivity contribution is 0.151. The SMILES string of the molecule is CCCCCCCCC(O)CCc1cnn(C)c1. The molecule has 1 atom stereocenters. The Morgan fingerprint density at radius 1 is 1.17 bits per heavy atom. The molecule has 18 heavy (non-hydrogen) atoms. The van der Waals surface area contributed by atoms with Gasteiger partial charge in [0.2, 0.25) is 0 Å². The van der Waals surface area contributed by atoms with Gasteiger partial charge in [-0.25, -0.2) is 0 Å². The minimum Gasteiger partial charge on any atom is -0.393 e. The monoisotopic (exact) mass is 252 g/mol. The lowest BCUT2D eigenvalue weighted by atomic mass is 10.0. The summed E-state index contributed by atoms with van der Waals surface area (Å²) in [6, 6.07) is 0. The van der Waals surface area contributed by atoms with E-state index in [4.69, 9.17) is 0 Å². The molecule has 1 unspecified atom stereocenters. The summed E-state index contributed by atoms with van der Waals surface area (Å²) in [7, 11) is 1.93. The minimum absolute atomic E-state index is 0.142. The molecule has 0 saturated heterocycles. The quantitative estimate of drug-likeness (QED) is 0.648. The van der Waals surface area contributed by atoms with Gasteiger partial charge in [0.25, 0.3) is 0 Å². The van der Waals surface area contributed by atoms with Crippen molar-refractivity contribution in [3.63, 3.8) is 0 Å². The van der Waals surface area contributed by atoms with E-state index >= 15 is 0 Å². The Kier molecular flexibility index (Phi) is 7.74. The van der Waals surface area contributed by atoms with Crippen LogP contribution in [0.3, 0.4) is 0 Å². The molecule has 3 heteroatoms. The molecule has 0 saturated carbocycles. The number of aryl methyl sites for hydroxylation is 2. The van der Waals surface area contributed by atoms with E-state index in [0.29, 0.717) is 0 Å². The van der Waals surface area contributed by atoms with E-state index in [1.54, 1.807) is 0 Å². The molecule has 0 fully saturated rings. The van der Waals surface area contributed by atoms with Crippen molar-refractivity contribution < 1.29 is 5.11 Å². The summed E-state index contributed by atoms with van der Waals surface area (Å²) in [4.78, 5) is 0. The molecule has 1 N–H and O–H groups in total. The van der Waals surface area contributed by atoms with E-state index < -0.39 is 0 Å². The summed E-state index contributed by atoms with van der Waals surface area (Å²) in [6.07, 6.45) is 14.3. The van der Waals surface area contributed by atoms with Crippen LogP contribution >= 0.6 is 0 Å². The first-order valence-corrected chi connectivity index (χ1v) is 7.38. The zero-order valence-electron chi connectivity index (χ0n) is 11.9. The molecule has 1 heterocycles. The standard InChI is InChI=1S/C15H28N2O/c1-3-4-5-6-7-8-9-15(18)11-10-14-12-16-17(2)13-14/h12-13,15,18H,3-11H2,1-2H3. The molecule has 0 amide bonds. The van der Waals surface area contributed by atoms with Gasteiger partial charge in [-0.2, -0.15) is 5.10 Å². The fourth-order valence-corrected chi connectivity index (χ4v) is 2.24. The molecular weight excluding hydrogens is 224 g/mol. The van der Waals surface area contributed by atoms with Gasteiger partial charge < -0.3 is 5.11 Å². The molecular formula is C15H28N2O. The van der Waals surface area contributed by atoms with E-state index in [9.17, 15) is 5.11 Å². The Hall–Kier alpha value is -0.830. The Bertz CT molecular complexity index is 309. The zero-order valence-corrected chi connectivity index (χ0v) is 11.9. The van der Waals surface area contributed by atoms with Gasteiger partial charge in [-0.3, -0.25) is 4.68 Å². The van der Waals surface area contributed by atoms with Crippen LogP contribution in [0.5, 0.6) is 0 Å². The van der Waals surface area contributed by atoms with Crippen LogP contribution in [0.15, 0.2) is 12.4 Å². The molecule has 1 rings (SSSR count). The molecule has 104 valence electrons. The number of rotatable bonds is 10. The largest absolute Gasteiger partial charge is 0.393 e. The van der Waals surface area contributed by atoms with E-state index in [1.165, 1.54) is 37.7 Å². The fraction of sp³-hybridized carbons (Fsp3) is 0.800. The maximum Gasteiger partial charge on any atom is 0.0543 e. The average Bonchev–Trinajstić information content (AvgIpc) is 2.77. The van der Waals surface area contributed by atoms with Gasteiger partial charge in [-0.15, -0.1) is 0 Å². The van der Waals surface area contributed by atoms with Crippen LogP contribution in [0.2, 0.25) is 0 Å². The molecule has 3 nitrogen and oxygen atoms in total. The smallest absolute Gasteiger partial charge is 0.0543 e. The van der Waals surface area contributed by atoms with Crippen LogP contribution in [0.25, 0.3) is 0 Å². The summed E-state index contributed by atoms with van der Waals surface area (Å²) in [5.41, 5.74) is 1.22. The second kappa shape index (κ2) is 9.15. The summed E-state index contributed by atoms with van der Waals surface area (Å²) in [5, 5.41) is 14.0. The van der Waals surface area contributed by atoms with Crippen molar-refractivity contribution in [3.8, 4) is 0 Å². The van der Waals surface area contributed by atoms with Crippen LogP contribution < -0.4 is 0 Å². The van der Waals surface area contributed by atoms with Crippen LogP contribution in [0.4, 0.5) is 0 Å². The Morgan fingerprint density at radius 3 is 2.56 bits per heavy atom. The molecule has 0 aliphatic rings. The minimum atomic E-state index is -0.142. The van der Waals surface area contributed by atoms with Gasteiger partial charge >= 0.3 is 0 Å². The second-order valence-electron chi connectivity index (χ2n) is 5.27. The fourth-order valence-electron chi connectivity index (χ4n) is 2.24. The average molecular weight is 252 g/mol. The van der Waals surface area contributed by atoms with Gasteiger partial charge in [0, 0.05) is 13.2 Å². The highest BCUT2D eigenvalue weighted by Crippen LogP contribution is 2.12. The molecule has 0 radical (unpaired) electrons. The number of hydrogen-bond donors (Lipinski definition) is 1. The van der Waals surface area contributed by atoms with Crippen molar-refractivity contribution in [2.24, 2.45) is 7.05 Å². The number of nitrogens with zero attached hydrogens (tertiary/aromatic N) is 2. The first kappa shape index (κ1) is 15.2. The first-order valence-electron chi connectivity index (χ1n) is 7.38. The van der Waals surface area contributed by atoms with Gasteiger partial charge in [0.05, 0.1) is 12.3 Å². The summed E-state index contributed by atoms with van der Waals surface area (Å²) in [6.45, 7) is 2.24. The van der Waals surface area contributed by atoms with Gasteiger partial charge in [-0.05, 0) is 24.8 Å². The molecule has 1 aromatic heterocycles. The Labute approximate surface area is 111 Å². The van der Waals surface area contributed by atoms with Crippen LogP contribution in [-0.4, -0.2) is 21.0 Å². The van der Waals surface area contributed by atoms with Crippen molar-refractivity contribution in [1.29, 1.82) is 0 Å². The molecule has 0 bridgehead atoms. The molecule has 0 aliphatic heterocycles. The number of hydrogen-bond acceptors (Lipinski definition) is 2. The maximum absolute atomic E-state index is 9.89. The van der Waals surface area contributed by atoms with E-state index in [1.807, 2.05) is 24.1 Å². The van der Waals surface area contributed by atoms with Crippen molar-refractivity contribution >= 4 is 0 Å². The van der Waals surface area contributed by atoms with Crippen LogP contribution in [0.1, 0.15) is 63.9 Å². The van der Waals surface area contributed by atoms with Gasteiger partial charge in [0.15, 0.2) is 0 Å². The number of aliphatic hydroxyl groups excluding tert-OH is 1. The predicted molar refractivity (Wildman–Crippen MR) is 75.5 cm³/mol. The second-order valence-corrected chi connectivity index (χ2v) is 5.27. The van der Waals surface area contributed by atoms with Crippen molar-refractivity contribution in [2.45, 2.75) is 70.8 Å². The normalized spacial score (nSPS) is 12.8. The maximum atomic E-state index is 9.89. The lowest BCUT2D eigenvalue weighted by Crippen LogP contribution is -2.07. The predicted octanol–water partition coefficient (Wildman–Crippen LogP) is 3.46. The highest BCUT2D eigenvalue weighted by Gasteiger charge is 2.05. The Balaban J connectivity index is 1.98. The third kappa shape index (κ3) is 6.80. The van der Waals surface area contributed by atoms with Crippen molar-refractivity contribution in [3.05, 3.63) is 18.0 Å². The topological polar surface area (TPSA) is 38.1 Å². The highest BCUT2D eigenvalue weighted by atomic mass is 16.3. The highest BCUT2D eigenvalue weighted by molar-refractivity contribution is 5.03. The number of aliphatic hydroxyl groups is 1. The Morgan fingerprint density at radius 2 is 1.89 bits per heavy atom. The van der Waals surface area contributed by atoms with E-state index in [-0.39, 0.29) is 6.10 Å². The number of aromatic nitrogens is 2. The third-order valence-electron chi connectivity index (χ3n) is 3.42. The van der Waals surface area contributed by atoms with Crippen molar-refractivity contribution in [1.82, 2.24) is 9.78 Å². The summed E-state index contributed by atoms with van der Waals surface area (Å²) >= 11 is 0. The molecule has 0 aromatic carbocycles. The van der Waals surface area contributed by atoms with Crippen LogP contribution in [-0.2, 0) is 13.5 Å². The molecule has 0 aliphatic carbocycles. The van der Waals surface area contributed by atoms with E-state index in [0.717, 1.165) is 25.7 Å². The number of unbranched alkanes of at least 4 members (excludes halogenated alkanes) is 5. The van der Waals surface area contributed by atoms with E-state index in [2.05, 4.69) is 12.0 Å². The lowest BCUT2D eigenvalue weighted by Gasteiger charge is -2.09. The molecule has 1 aromatic rings. The van der Waals surface area contributed by atoms with Crippen LogP contribution in [0, 0.1) is 0 Å². The first-order chi connectivity index (χ1) is 8.72. The third-order valence-corrected chi connectivity index (χ3v) is 3.42. The van der Waals surface area contributed by atoms with Gasteiger partial charge in [-0.1, -0.05) is 45.4 Å². The van der Waals surface area contributed by atoms with Crippen molar-refractivity contribution in [2.75, 3.05) is 0 Å². The molecule has 0 spiro atoms. The zero-order chi connectivity index (χ0) is 13.2.